The average molecular weight is 436 g/mol. The standard InChI is InChI=1S/C21H24BrClN2O/c22-17-1-6-20-16(15-17)8-14-26-21(20)7-9-24-10-12-25(13-11-24)19-4-2-18(23)3-5-19/h1-6,15,21H,7-14H2. The predicted octanol–water partition coefficient (Wildman–Crippen LogP) is 4.93. The van der Waals surface area contributed by atoms with E-state index in [1.165, 1.54) is 16.8 Å². The van der Waals surface area contributed by atoms with E-state index in [0.29, 0.717) is 0 Å². The van der Waals surface area contributed by atoms with E-state index in [-0.39, 0.29) is 6.10 Å². The van der Waals surface area contributed by atoms with Crippen LogP contribution in [0.25, 0.3) is 0 Å². The number of piperazine rings is 1. The summed E-state index contributed by atoms with van der Waals surface area (Å²) in [6.07, 6.45) is 2.32. The van der Waals surface area contributed by atoms with Crippen molar-refractivity contribution in [3.63, 3.8) is 0 Å². The van der Waals surface area contributed by atoms with E-state index in [2.05, 4.69) is 56.1 Å². The van der Waals surface area contributed by atoms with E-state index in [0.717, 1.165) is 61.7 Å². The van der Waals surface area contributed by atoms with Crippen molar-refractivity contribution in [3.8, 4) is 0 Å². The van der Waals surface area contributed by atoms with Crippen LogP contribution in [0.4, 0.5) is 5.69 Å². The van der Waals surface area contributed by atoms with Crippen molar-refractivity contribution in [2.75, 3.05) is 44.2 Å². The first-order chi connectivity index (χ1) is 12.7. The third-order valence-electron chi connectivity index (χ3n) is 5.41. The molecule has 0 saturated carbocycles. The maximum atomic E-state index is 6.07. The number of anilines is 1. The van der Waals surface area contributed by atoms with Gasteiger partial charge in [-0.25, -0.2) is 0 Å². The summed E-state index contributed by atoms with van der Waals surface area (Å²) in [5, 5.41) is 0.798. The second kappa shape index (κ2) is 8.30. The van der Waals surface area contributed by atoms with E-state index >= 15 is 0 Å². The third kappa shape index (κ3) is 4.25. The van der Waals surface area contributed by atoms with Crippen molar-refractivity contribution in [2.24, 2.45) is 0 Å². The van der Waals surface area contributed by atoms with Gasteiger partial charge in [-0.3, -0.25) is 4.90 Å². The lowest BCUT2D eigenvalue weighted by atomic mass is 9.95. The monoisotopic (exact) mass is 434 g/mol. The summed E-state index contributed by atoms with van der Waals surface area (Å²) >= 11 is 9.57. The number of benzene rings is 2. The lowest BCUT2D eigenvalue weighted by Gasteiger charge is -2.37. The van der Waals surface area contributed by atoms with Crippen LogP contribution in [0.15, 0.2) is 46.9 Å². The Morgan fingerprint density at radius 2 is 1.81 bits per heavy atom. The molecule has 2 aliphatic heterocycles. The molecule has 0 amide bonds. The SMILES string of the molecule is Clc1ccc(N2CCN(CCC3OCCc4cc(Br)ccc43)CC2)cc1. The van der Waals surface area contributed by atoms with Crippen LogP contribution in [0.3, 0.4) is 0 Å². The van der Waals surface area contributed by atoms with E-state index in [1.807, 2.05) is 12.1 Å². The van der Waals surface area contributed by atoms with Crippen LogP contribution in [-0.2, 0) is 11.2 Å². The molecule has 138 valence electrons. The molecular formula is C21H24BrClN2O. The van der Waals surface area contributed by atoms with Gasteiger partial charge < -0.3 is 9.64 Å². The van der Waals surface area contributed by atoms with Gasteiger partial charge in [-0.2, -0.15) is 0 Å². The van der Waals surface area contributed by atoms with E-state index < -0.39 is 0 Å². The summed E-state index contributed by atoms with van der Waals surface area (Å²) in [7, 11) is 0. The van der Waals surface area contributed by atoms with Gasteiger partial charge in [0.1, 0.15) is 0 Å². The van der Waals surface area contributed by atoms with E-state index in [9.17, 15) is 0 Å². The van der Waals surface area contributed by atoms with E-state index in [1.54, 1.807) is 0 Å². The second-order valence-corrected chi connectivity index (χ2v) is 8.40. The van der Waals surface area contributed by atoms with Gasteiger partial charge >= 0.3 is 0 Å². The minimum Gasteiger partial charge on any atom is -0.373 e. The molecule has 1 atom stereocenters. The second-order valence-electron chi connectivity index (χ2n) is 7.05. The van der Waals surface area contributed by atoms with Gasteiger partial charge in [-0.15, -0.1) is 0 Å². The van der Waals surface area contributed by atoms with Crippen LogP contribution in [-0.4, -0.2) is 44.2 Å². The largest absolute Gasteiger partial charge is 0.373 e. The first kappa shape index (κ1) is 18.3. The highest BCUT2D eigenvalue weighted by atomic mass is 79.9. The van der Waals surface area contributed by atoms with Crippen molar-refractivity contribution < 1.29 is 4.74 Å². The fourth-order valence-corrected chi connectivity index (χ4v) is 4.46. The van der Waals surface area contributed by atoms with E-state index in [4.69, 9.17) is 16.3 Å². The van der Waals surface area contributed by atoms with Gasteiger partial charge in [-0.05, 0) is 60.4 Å². The third-order valence-corrected chi connectivity index (χ3v) is 6.16. The van der Waals surface area contributed by atoms with Gasteiger partial charge in [0.25, 0.3) is 0 Å². The van der Waals surface area contributed by atoms with Crippen LogP contribution < -0.4 is 4.90 Å². The fraction of sp³-hybridized carbons (Fsp3) is 0.429. The lowest BCUT2D eigenvalue weighted by molar-refractivity contribution is 0.0289. The highest BCUT2D eigenvalue weighted by Crippen LogP contribution is 2.32. The Bertz CT molecular complexity index is 744. The highest BCUT2D eigenvalue weighted by Gasteiger charge is 2.23. The zero-order valence-corrected chi connectivity index (χ0v) is 17.2. The van der Waals surface area contributed by atoms with Crippen molar-refractivity contribution in [2.45, 2.75) is 18.9 Å². The van der Waals surface area contributed by atoms with Crippen molar-refractivity contribution in [1.82, 2.24) is 4.90 Å². The normalized spacial score (nSPS) is 20.8. The summed E-state index contributed by atoms with van der Waals surface area (Å²) in [5.41, 5.74) is 4.08. The van der Waals surface area contributed by atoms with Crippen molar-refractivity contribution >= 4 is 33.2 Å². The number of nitrogens with zero attached hydrogens (tertiary/aromatic N) is 2. The molecule has 2 aromatic rings. The van der Waals surface area contributed by atoms with Crippen LogP contribution in [0.1, 0.15) is 23.7 Å². The molecule has 0 aromatic heterocycles. The fourth-order valence-electron chi connectivity index (χ4n) is 3.93. The number of ether oxygens (including phenoxy) is 1. The summed E-state index contributed by atoms with van der Waals surface area (Å²) in [4.78, 5) is 5.00. The molecule has 0 bridgehead atoms. The molecule has 26 heavy (non-hydrogen) atoms. The van der Waals surface area contributed by atoms with Gasteiger partial charge in [0.15, 0.2) is 0 Å². The Hall–Kier alpha value is -1.07. The molecule has 1 fully saturated rings. The molecule has 2 aliphatic rings. The van der Waals surface area contributed by atoms with Gasteiger partial charge in [-0.1, -0.05) is 33.6 Å². The molecule has 5 heteroatoms. The molecule has 0 N–H and O–H groups in total. The zero-order valence-electron chi connectivity index (χ0n) is 14.8. The molecule has 0 radical (unpaired) electrons. The smallest absolute Gasteiger partial charge is 0.0839 e. The Kier molecular flexibility index (Phi) is 5.84. The number of halogens is 2. The Morgan fingerprint density at radius 1 is 1.04 bits per heavy atom. The number of hydrogen-bond donors (Lipinski definition) is 0. The molecule has 4 rings (SSSR count). The molecule has 0 aliphatic carbocycles. The first-order valence-electron chi connectivity index (χ1n) is 9.32. The molecule has 0 spiro atoms. The summed E-state index contributed by atoms with van der Waals surface area (Å²) in [6.45, 7) is 6.26. The minimum absolute atomic E-state index is 0.237. The lowest BCUT2D eigenvalue weighted by Crippen LogP contribution is -2.46. The van der Waals surface area contributed by atoms with Crippen LogP contribution >= 0.6 is 27.5 Å². The number of rotatable bonds is 4. The van der Waals surface area contributed by atoms with Crippen LogP contribution in [0.5, 0.6) is 0 Å². The van der Waals surface area contributed by atoms with Crippen molar-refractivity contribution in [3.05, 3.63) is 63.1 Å². The number of fused-ring (bicyclic) bond motifs is 1. The molecular weight excluding hydrogens is 412 g/mol. The Labute approximate surface area is 169 Å². The summed E-state index contributed by atoms with van der Waals surface area (Å²) in [6, 6.07) is 14.8. The van der Waals surface area contributed by atoms with Crippen LogP contribution in [0.2, 0.25) is 5.02 Å². The first-order valence-corrected chi connectivity index (χ1v) is 10.5. The Morgan fingerprint density at radius 3 is 2.58 bits per heavy atom. The Balaban J connectivity index is 1.30. The number of hydrogen-bond acceptors (Lipinski definition) is 3. The zero-order chi connectivity index (χ0) is 17.9. The average Bonchev–Trinajstić information content (AvgIpc) is 2.67. The molecule has 1 unspecified atom stereocenters. The molecule has 3 nitrogen and oxygen atoms in total. The summed E-state index contributed by atoms with van der Waals surface area (Å²) in [5.74, 6) is 0. The topological polar surface area (TPSA) is 15.7 Å². The quantitative estimate of drug-likeness (QED) is 0.677. The van der Waals surface area contributed by atoms with Crippen LogP contribution in [0, 0.1) is 0 Å². The predicted molar refractivity (Wildman–Crippen MR) is 111 cm³/mol. The molecule has 2 heterocycles. The molecule has 2 aromatic carbocycles. The van der Waals surface area contributed by atoms with Gasteiger partial charge in [0.2, 0.25) is 0 Å². The van der Waals surface area contributed by atoms with Crippen molar-refractivity contribution in [1.29, 1.82) is 0 Å². The van der Waals surface area contributed by atoms with Gasteiger partial charge in [0.05, 0.1) is 12.7 Å². The summed E-state index contributed by atoms with van der Waals surface area (Å²) < 4.78 is 7.23. The maximum absolute atomic E-state index is 6.07. The van der Waals surface area contributed by atoms with Gasteiger partial charge in [0, 0.05) is 47.9 Å². The molecule has 1 saturated heterocycles. The minimum atomic E-state index is 0.237. The maximum Gasteiger partial charge on any atom is 0.0839 e. The highest BCUT2D eigenvalue weighted by molar-refractivity contribution is 9.10.